The van der Waals surface area contributed by atoms with Crippen molar-refractivity contribution in [1.29, 1.82) is 0 Å². The highest BCUT2D eigenvalue weighted by molar-refractivity contribution is 6.42. The number of halogens is 2. The van der Waals surface area contributed by atoms with Crippen LogP contribution in [-0.4, -0.2) is 56.1 Å². The molecular weight excluding hydrogens is 331 g/mol. The average Bonchev–Trinajstić information content (AvgIpc) is 2.47. The lowest BCUT2D eigenvalue weighted by molar-refractivity contribution is 0.181. The zero-order valence-corrected chi connectivity index (χ0v) is 14.1. The van der Waals surface area contributed by atoms with E-state index in [4.69, 9.17) is 23.2 Å². The number of urea groups is 1. The minimum atomic E-state index is -0.808. The highest BCUT2D eigenvalue weighted by Crippen LogP contribution is 2.25. The summed E-state index contributed by atoms with van der Waals surface area (Å²) < 4.78 is 4.46. The van der Waals surface area contributed by atoms with Crippen LogP contribution in [0.3, 0.4) is 0 Å². The zero-order valence-electron chi connectivity index (χ0n) is 12.6. The predicted octanol–water partition coefficient (Wildman–Crippen LogP) is 3.14. The number of guanidine groups is 1. The standard InChI is InChI=1S/C13H16Cl2N4O3/c1-18(2)11(17-13(21)22-4)19(3)12(20)16-8-5-6-9(14)10(15)7-8/h5-7H,1-4H3,(H,16,20)/b17-11-. The van der Waals surface area contributed by atoms with Gasteiger partial charge in [-0.3, -0.25) is 4.90 Å². The SMILES string of the molecule is COC(=O)/N=C(/N(C)C)N(C)C(=O)Nc1ccc(Cl)c(Cl)c1. The van der Waals surface area contributed by atoms with E-state index in [1.807, 2.05) is 0 Å². The minimum absolute atomic E-state index is 0.115. The van der Waals surface area contributed by atoms with Crippen LogP contribution in [0.1, 0.15) is 0 Å². The summed E-state index contributed by atoms with van der Waals surface area (Å²) in [7, 11) is 5.96. The maximum atomic E-state index is 12.2. The molecule has 3 amide bonds. The number of rotatable bonds is 1. The fraction of sp³-hybridized carbons (Fsp3) is 0.308. The van der Waals surface area contributed by atoms with Gasteiger partial charge < -0.3 is 15.0 Å². The lowest BCUT2D eigenvalue weighted by atomic mass is 10.3. The van der Waals surface area contributed by atoms with Gasteiger partial charge in [-0.1, -0.05) is 23.2 Å². The first-order valence-corrected chi connectivity index (χ1v) is 6.85. The number of hydrogen-bond acceptors (Lipinski definition) is 3. The van der Waals surface area contributed by atoms with Gasteiger partial charge in [0.25, 0.3) is 0 Å². The molecule has 1 aromatic rings. The van der Waals surface area contributed by atoms with Crippen molar-refractivity contribution < 1.29 is 14.3 Å². The van der Waals surface area contributed by atoms with Crippen LogP contribution in [0, 0.1) is 0 Å². The van der Waals surface area contributed by atoms with Crippen LogP contribution in [0.5, 0.6) is 0 Å². The Labute approximate surface area is 138 Å². The van der Waals surface area contributed by atoms with E-state index in [1.54, 1.807) is 26.2 Å². The molecule has 1 aromatic carbocycles. The Hall–Kier alpha value is -1.99. The molecule has 0 heterocycles. The fourth-order valence-corrected chi connectivity index (χ4v) is 1.77. The Morgan fingerprint density at radius 2 is 1.82 bits per heavy atom. The molecule has 0 aliphatic carbocycles. The topological polar surface area (TPSA) is 74.2 Å². The Bertz CT molecular complexity index is 605. The van der Waals surface area contributed by atoms with Crippen molar-refractivity contribution in [2.24, 2.45) is 4.99 Å². The quantitative estimate of drug-likeness (QED) is 0.626. The molecule has 1 N–H and O–H groups in total. The van der Waals surface area contributed by atoms with Gasteiger partial charge in [-0.2, -0.15) is 0 Å². The van der Waals surface area contributed by atoms with Gasteiger partial charge in [0.2, 0.25) is 5.96 Å². The van der Waals surface area contributed by atoms with Crippen LogP contribution in [0.15, 0.2) is 23.2 Å². The number of nitrogens with zero attached hydrogens (tertiary/aromatic N) is 3. The maximum Gasteiger partial charge on any atom is 0.436 e. The number of aliphatic imine (C=N–C) groups is 1. The first-order chi connectivity index (χ1) is 10.3. The summed E-state index contributed by atoms with van der Waals surface area (Å²) in [6.07, 6.45) is -0.808. The predicted molar refractivity (Wildman–Crippen MR) is 86.8 cm³/mol. The van der Waals surface area contributed by atoms with E-state index >= 15 is 0 Å². The smallest absolute Gasteiger partial charge is 0.436 e. The van der Waals surface area contributed by atoms with Gasteiger partial charge in [0.1, 0.15) is 0 Å². The second-order valence-electron chi connectivity index (χ2n) is 4.39. The van der Waals surface area contributed by atoms with E-state index in [1.165, 1.54) is 30.0 Å². The lowest BCUT2D eigenvalue weighted by Crippen LogP contribution is -2.44. The molecule has 0 fully saturated rings. The highest BCUT2D eigenvalue weighted by atomic mass is 35.5. The summed E-state index contributed by atoms with van der Waals surface area (Å²) in [6, 6.07) is 4.18. The molecule has 0 spiro atoms. The highest BCUT2D eigenvalue weighted by Gasteiger charge is 2.19. The molecule has 0 atom stereocenters. The summed E-state index contributed by atoms with van der Waals surface area (Å²) in [5.74, 6) is 0.115. The molecule has 0 unspecified atom stereocenters. The Morgan fingerprint density at radius 3 is 2.32 bits per heavy atom. The second-order valence-corrected chi connectivity index (χ2v) is 5.21. The Morgan fingerprint density at radius 1 is 1.18 bits per heavy atom. The van der Waals surface area contributed by atoms with Gasteiger partial charge in [-0.25, -0.2) is 9.59 Å². The third-order valence-corrected chi connectivity index (χ3v) is 3.28. The van der Waals surface area contributed by atoms with Gasteiger partial charge in [-0.15, -0.1) is 4.99 Å². The van der Waals surface area contributed by atoms with Crippen LogP contribution in [0.4, 0.5) is 15.3 Å². The van der Waals surface area contributed by atoms with Gasteiger partial charge >= 0.3 is 12.1 Å². The molecule has 0 aliphatic heterocycles. The van der Waals surface area contributed by atoms with E-state index in [-0.39, 0.29) is 5.96 Å². The Balaban J connectivity index is 2.92. The van der Waals surface area contributed by atoms with Crippen molar-refractivity contribution in [2.75, 3.05) is 33.6 Å². The molecule has 22 heavy (non-hydrogen) atoms. The Kier molecular flexibility index (Phi) is 6.45. The van der Waals surface area contributed by atoms with Gasteiger partial charge in [0.05, 0.1) is 17.2 Å². The monoisotopic (exact) mass is 346 g/mol. The zero-order chi connectivity index (χ0) is 16.9. The fourth-order valence-electron chi connectivity index (χ4n) is 1.47. The van der Waals surface area contributed by atoms with Crippen LogP contribution in [0.2, 0.25) is 10.0 Å². The normalized spacial score (nSPS) is 10.9. The van der Waals surface area contributed by atoms with E-state index in [9.17, 15) is 9.59 Å². The van der Waals surface area contributed by atoms with Crippen LogP contribution in [0.25, 0.3) is 0 Å². The van der Waals surface area contributed by atoms with E-state index in [2.05, 4.69) is 15.0 Å². The number of hydrogen-bond donors (Lipinski definition) is 1. The number of carbonyl (C=O) groups is 2. The third kappa shape index (κ3) is 4.78. The van der Waals surface area contributed by atoms with Crippen LogP contribution in [-0.2, 0) is 4.74 Å². The van der Waals surface area contributed by atoms with E-state index in [0.717, 1.165) is 0 Å². The van der Waals surface area contributed by atoms with Crippen molar-refractivity contribution in [3.63, 3.8) is 0 Å². The van der Waals surface area contributed by atoms with Gasteiger partial charge in [-0.05, 0) is 18.2 Å². The number of carbonyl (C=O) groups excluding carboxylic acids is 2. The minimum Gasteiger partial charge on any atom is -0.451 e. The molecule has 9 heteroatoms. The number of anilines is 1. The van der Waals surface area contributed by atoms with Gasteiger partial charge in [0, 0.05) is 26.8 Å². The summed E-state index contributed by atoms with van der Waals surface area (Å²) in [6.45, 7) is 0. The molecule has 0 aromatic heterocycles. The first-order valence-electron chi connectivity index (χ1n) is 6.10. The number of nitrogens with one attached hydrogen (secondary N) is 1. The number of ether oxygens (including phenoxy) is 1. The maximum absolute atomic E-state index is 12.2. The van der Waals surface area contributed by atoms with Crippen molar-refractivity contribution in [2.45, 2.75) is 0 Å². The summed E-state index contributed by atoms with van der Waals surface area (Å²) in [5.41, 5.74) is 0.461. The summed E-state index contributed by atoms with van der Waals surface area (Å²) in [5, 5.41) is 3.32. The largest absolute Gasteiger partial charge is 0.451 e. The van der Waals surface area contributed by atoms with Gasteiger partial charge in [0.15, 0.2) is 0 Å². The third-order valence-electron chi connectivity index (χ3n) is 2.54. The molecule has 0 radical (unpaired) electrons. The van der Waals surface area contributed by atoms with Crippen molar-refractivity contribution >= 4 is 47.0 Å². The van der Waals surface area contributed by atoms with E-state index < -0.39 is 12.1 Å². The lowest BCUT2D eigenvalue weighted by Gasteiger charge is -2.24. The number of benzene rings is 1. The second kappa shape index (κ2) is 7.86. The molecular formula is C13H16Cl2N4O3. The summed E-state index contributed by atoms with van der Waals surface area (Å²) >= 11 is 11.7. The van der Waals surface area contributed by atoms with Crippen molar-refractivity contribution in [1.82, 2.24) is 9.80 Å². The number of methoxy groups -OCH3 is 1. The molecule has 0 saturated carbocycles. The number of amides is 3. The molecule has 120 valence electrons. The first kappa shape index (κ1) is 18.1. The van der Waals surface area contributed by atoms with Crippen LogP contribution < -0.4 is 5.32 Å². The van der Waals surface area contributed by atoms with Crippen molar-refractivity contribution in [3.8, 4) is 0 Å². The molecule has 0 saturated heterocycles. The molecule has 0 aliphatic rings. The van der Waals surface area contributed by atoms with E-state index in [0.29, 0.717) is 15.7 Å². The van der Waals surface area contributed by atoms with Crippen LogP contribution >= 0.6 is 23.2 Å². The van der Waals surface area contributed by atoms with Crippen molar-refractivity contribution in [3.05, 3.63) is 28.2 Å². The molecule has 7 nitrogen and oxygen atoms in total. The molecule has 1 rings (SSSR count). The molecule has 0 bridgehead atoms. The summed E-state index contributed by atoms with van der Waals surface area (Å²) in [4.78, 5) is 29.8. The average molecular weight is 347 g/mol.